The number of carboxylic acid groups (broad SMARTS) is 1. The van der Waals surface area contributed by atoms with Crippen LogP contribution in [0.25, 0.3) is 11.1 Å². The highest BCUT2D eigenvalue weighted by Gasteiger charge is 2.31. The lowest BCUT2D eigenvalue weighted by atomic mass is 9.98. The van der Waals surface area contributed by atoms with Gasteiger partial charge in [0.1, 0.15) is 24.3 Å². The van der Waals surface area contributed by atoms with Crippen LogP contribution >= 0.6 is 0 Å². The first-order chi connectivity index (χ1) is 22.2. The van der Waals surface area contributed by atoms with Crippen LogP contribution in [0.3, 0.4) is 0 Å². The zero-order chi connectivity index (χ0) is 34.7. The molecule has 0 aromatic heterocycles. The molecule has 0 spiro atoms. The standard InChI is InChI=1S/C35H48N4O8/c1-21(2)30(33(43)44)39-32(42)28(17-18-29(40)47-35(3,4)5)38-31(41)27(36)16-10-11-19-37-34(45)46-20-26-24-14-8-6-12-22(24)23-13-7-9-15-25(23)26/h6-9,12-15,21,26-28,30H,10-11,16-20,36H2,1-5H3,(H,37,45)(H,38,41)(H,39,42)(H,43,44)/t27-,28-,30-/m0/s1. The molecule has 0 fully saturated rings. The molecule has 3 rings (SSSR count). The van der Waals surface area contributed by atoms with Gasteiger partial charge in [-0.25, -0.2) is 9.59 Å². The highest BCUT2D eigenvalue weighted by Crippen LogP contribution is 2.44. The molecule has 12 heteroatoms. The third-order valence-corrected chi connectivity index (χ3v) is 7.81. The Hall–Kier alpha value is -4.45. The number of amides is 3. The summed E-state index contributed by atoms with van der Waals surface area (Å²) in [5, 5.41) is 17.2. The second kappa shape index (κ2) is 16.9. The molecule has 0 saturated carbocycles. The minimum Gasteiger partial charge on any atom is -0.480 e. The van der Waals surface area contributed by atoms with Crippen LogP contribution in [0, 0.1) is 5.92 Å². The summed E-state index contributed by atoms with van der Waals surface area (Å²) in [5.41, 5.74) is 9.91. The summed E-state index contributed by atoms with van der Waals surface area (Å²) in [7, 11) is 0. The van der Waals surface area contributed by atoms with Crippen molar-refractivity contribution in [2.24, 2.45) is 11.7 Å². The monoisotopic (exact) mass is 652 g/mol. The van der Waals surface area contributed by atoms with E-state index in [9.17, 15) is 29.1 Å². The Kier molecular flexibility index (Phi) is 13.3. The van der Waals surface area contributed by atoms with E-state index >= 15 is 0 Å². The molecular weight excluding hydrogens is 604 g/mol. The average Bonchev–Trinajstić information content (AvgIpc) is 3.32. The number of nitrogens with one attached hydrogen (secondary N) is 3. The van der Waals surface area contributed by atoms with Gasteiger partial charge in [0.25, 0.3) is 0 Å². The zero-order valence-corrected chi connectivity index (χ0v) is 27.8. The van der Waals surface area contributed by atoms with Gasteiger partial charge >= 0.3 is 18.0 Å². The number of benzene rings is 2. The lowest BCUT2D eigenvalue weighted by molar-refractivity contribution is -0.155. The predicted molar refractivity (Wildman–Crippen MR) is 176 cm³/mol. The Balaban J connectivity index is 1.44. The van der Waals surface area contributed by atoms with E-state index in [2.05, 4.69) is 40.2 Å². The van der Waals surface area contributed by atoms with Gasteiger partial charge in [-0.15, -0.1) is 0 Å². The number of carbonyl (C=O) groups excluding carboxylic acids is 4. The van der Waals surface area contributed by atoms with Crippen molar-refractivity contribution in [3.05, 3.63) is 59.7 Å². The molecule has 2 aromatic rings. The summed E-state index contributed by atoms with van der Waals surface area (Å²) in [6.45, 7) is 8.95. The number of nitrogens with two attached hydrogens (primary N) is 1. The van der Waals surface area contributed by atoms with Crippen LogP contribution in [-0.2, 0) is 28.7 Å². The molecule has 0 radical (unpaired) electrons. The largest absolute Gasteiger partial charge is 0.480 e. The van der Waals surface area contributed by atoms with E-state index in [0.717, 1.165) is 22.3 Å². The van der Waals surface area contributed by atoms with Crippen molar-refractivity contribution in [3.63, 3.8) is 0 Å². The Morgan fingerprint density at radius 1 is 0.872 bits per heavy atom. The van der Waals surface area contributed by atoms with Crippen molar-refractivity contribution in [1.82, 2.24) is 16.0 Å². The van der Waals surface area contributed by atoms with Crippen LogP contribution in [0.1, 0.15) is 83.8 Å². The highest BCUT2D eigenvalue weighted by molar-refractivity contribution is 5.92. The van der Waals surface area contributed by atoms with Gasteiger partial charge in [0.15, 0.2) is 0 Å². The molecule has 3 amide bonds. The van der Waals surface area contributed by atoms with Crippen molar-refractivity contribution < 1.29 is 38.6 Å². The van der Waals surface area contributed by atoms with Gasteiger partial charge in [-0.2, -0.15) is 0 Å². The van der Waals surface area contributed by atoms with E-state index in [4.69, 9.17) is 15.2 Å². The number of hydrogen-bond acceptors (Lipinski definition) is 8. The number of rotatable bonds is 16. The highest BCUT2D eigenvalue weighted by atomic mass is 16.6. The molecule has 0 unspecified atom stereocenters. The molecule has 1 aliphatic rings. The fourth-order valence-electron chi connectivity index (χ4n) is 5.43. The van der Waals surface area contributed by atoms with Crippen LogP contribution in [-0.4, -0.2) is 71.8 Å². The Morgan fingerprint density at radius 2 is 1.47 bits per heavy atom. The first kappa shape index (κ1) is 37.0. The fraction of sp³-hybridized carbons (Fsp3) is 0.514. The normalized spacial score (nSPS) is 14.3. The second-order valence-corrected chi connectivity index (χ2v) is 13.1. The number of fused-ring (bicyclic) bond motifs is 3. The van der Waals surface area contributed by atoms with E-state index in [1.807, 2.05) is 24.3 Å². The summed E-state index contributed by atoms with van der Waals surface area (Å²) in [5.74, 6) is -3.58. The fourth-order valence-corrected chi connectivity index (χ4v) is 5.43. The topological polar surface area (TPSA) is 186 Å². The van der Waals surface area contributed by atoms with Crippen molar-refractivity contribution in [3.8, 4) is 11.1 Å². The van der Waals surface area contributed by atoms with E-state index in [1.54, 1.807) is 34.6 Å². The first-order valence-electron chi connectivity index (χ1n) is 16.1. The number of hydrogen-bond donors (Lipinski definition) is 5. The van der Waals surface area contributed by atoms with Gasteiger partial charge in [0.05, 0.1) is 6.04 Å². The van der Waals surface area contributed by atoms with Gasteiger partial charge in [-0.1, -0.05) is 62.4 Å². The molecule has 1 aliphatic carbocycles. The first-order valence-corrected chi connectivity index (χ1v) is 16.1. The molecular formula is C35H48N4O8. The van der Waals surface area contributed by atoms with Gasteiger partial charge in [-0.3, -0.25) is 14.4 Å². The molecule has 0 heterocycles. The summed E-state index contributed by atoms with van der Waals surface area (Å²) in [4.78, 5) is 62.2. The van der Waals surface area contributed by atoms with Crippen LogP contribution in [0.15, 0.2) is 48.5 Å². The van der Waals surface area contributed by atoms with E-state index in [0.29, 0.717) is 19.4 Å². The number of aliphatic carboxylic acids is 1. The molecule has 2 aromatic carbocycles. The molecule has 12 nitrogen and oxygen atoms in total. The molecule has 3 atom stereocenters. The van der Waals surface area contributed by atoms with Crippen molar-refractivity contribution in [2.45, 2.75) is 96.4 Å². The third kappa shape index (κ3) is 11.1. The Bertz CT molecular complexity index is 1370. The maximum absolute atomic E-state index is 13.0. The molecule has 0 bridgehead atoms. The zero-order valence-electron chi connectivity index (χ0n) is 27.8. The minimum absolute atomic E-state index is 0.0416. The Morgan fingerprint density at radius 3 is 2.02 bits per heavy atom. The van der Waals surface area contributed by atoms with Crippen LogP contribution in [0.5, 0.6) is 0 Å². The predicted octanol–water partition coefficient (Wildman–Crippen LogP) is 3.85. The van der Waals surface area contributed by atoms with E-state index < -0.39 is 59.5 Å². The van der Waals surface area contributed by atoms with Gasteiger partial charge < -0.3 is 36.3 Å². The lowest BCUT2D eigenvalue weighted by Crippen LogP contribution is -2.55. The lowest BCUT2D eigenvalue weighted by Gasteiger charge is -2.25. The number of carboxylic acids is 1. The number of carbonyl (C=O) groups is 5. The third-order valence-electron chi connectivity index (χ3n) is 7.81. The second-order valence-electron chi connectivity index (χ2n) is 13.1. The minimum atomic E-state index is -1.21. The van der Waals surface area contributed by atoms with Crippen molar-refractivity contribution in [1.29, 1.82) is 0 Å². The average molecular weight is 653 g/mol. The maximum atomic E-state index is 13.0. The van der Waals surface area contributed by atoms with Gasteiger partial charge in [0, 0.05) is 18.9 Å². The molecule has 256 valence electrons. The smallest absolute Gasteiger partial charge is 0.407 e. The summed E-state index contributed by atoms with van der Waals surface area (Å²) < 4.78 is 10.8. The van der Waals surface area contributed by atoms with Gasteiger partial charge in [0.2, 0.25) is 11.8 Å². The number of unbranched alkanes of at least 4 members (excludes halogenated alkanes) is 1. The number of esters is 1. The summed E-state index contributed by atoms with van der Waals surface area (Å²) >= 11 is 0. The molecule has 0 saturated heterocycles. The van der Waals surface area contributed by atoms with Crippen molar-refractivity contribution >= 4 is 29.8 Å². The number of alkyl carbamates (subject to hydrolysis) is 1. The maximum Gasteiger partial charge on any atom is 0.407 e. The van der Waals surface area contributed by atoms with Crippen LogP contribution in [0.4, 0.5) is 4.79 Å². The van der Waals surface area contributed by atoms with Crippen LogP contribution in [0.2, 0.25) is 0 Å². The summed E-state index contributed by atoms with van der Waals surface area (Å²) in [6.07, 6.45) is 0.486. The molecule has 47 heavy (non-hydrogen) atoms. The SMILES string of the molecule is CC(C)[C@H](NC(=O)[C@H](CCC(=O)OC(C)(C)C)NC(=O)[C@@H](N)CCCCNC(=O)OCC1c2ccccc2-c2ccccc21)C(=O)O. The van der Waals surface area contributed by atoms with E-state index in [1.165, 1.54) is 0 Å². The molecule has 0 aliphatic heterocycles. The van der Waals surface area contributed by atoms with E-state index in [-0.39, 0.29) is 31.8 Å². The van der Waals surface area contributed by atoms with Gasteiger partial charge in [-0.05, 0) is 74.6 Å². The summed E-state index contributed by atoms with van der Waals surface area (Å²) in [6, 6.07) is 12.8. The quantitative estimate of drug-likeness (QED) is 0.133. The van der Waals surface area contributed by atoms with Crippen LogP contribution < -0.4 is 21.7 Å². The van der Waals surface area contributed by atoms with Crippen molar-refractivity contribution in [2.75, 3.05) is 13.2 Å². The number of ether oxygens (including phenoxy) is 2. The Labute approximate surface area is 276 Å². The molecule has 6 N–H and O–H groups in total.